The summed E-state index contributed by atoms with van der Waals surface area (Å²) in [6, 6.07) is 1.27. The van der Waals surface area contributed by atoms with Gasteiger partial charge < -0.3 is 20.3 Å². The maximum absolute atomic E-state index is 15.3. The molecule has 2 fully saturated rings. The summed E-state index contributed by atoms with van der Waals surface area (Å²) >= 11 is 0. The number of ether oxygens (including phenoxy) is 2. The molecule has 0 spiro atoms. The highest BCUT2D eigenvalue weighted by atomic mass is 19.1. The van der Waals surface area contributed by atoms with Gasteiger partial charge in [0.2, 0.25) is 5.60 Å². The molecule has 1 saturated carbocycles. The third-order valence-electron chi connectivity index (χ3n) is 4.65. The van der Waals surface area contributed by atoms with E-state index < -0.39 is 53.8 Å². The van der Waals surface area contributed by atoms with E-state index in [1.165, 1.54) is 26.1 Å². The van der Waals surface area contributed by atoms with Crippen molar-refractivity contribution in [2.24, 2.45) is 11.0 Å². The highest BCUT2D eigenvalue weighted by Gasteiger charge is 2.91. The number of aliphatic hydroxyl groups excluding tert-OH is 1. The number of hydrogen-bond donors (Lipinski definition) is 2. The summed E-state index contributed by atoms with van der Waals surface area (Å²) < 4.78 is 26.9. The molecule has 1 aliphatic heterocycles. The van der Waals surface area contributed by atoms with Crippen molar-refractivity contribution in [1.29, 1.82) is 0 Å². The van der Waals surface area contributed by atoms with Crippen molar-refractivity contribution in [2.45, 2.75) is 43.6 Å². The van der Waals surface area contributed by atoms with Gasteiger partial charge in [0.05, 0.1) is 12.5 Å². The van der Waals surface area contributed by atoms with Gasteiger partial charge in [-0.05, 0) is 11.6 Å². The number of esters is 1. The van der Waals surface area contributed by atoms with Gasteiger partial charge in [-0.3, -0.25) is 9.36 Å². The summed E-state index contributed by atoms with van der Waals surface area (Å²) in [4.78, 5) is 30.1. The molecule has 11 nitrogen and oxygen atoms in total. The Morgan fingerprint density at radius 3 is 2.96 bits per heavy atom. The lowest BCUT2D eigenvalue weighted by molar-refractivity contribution is -0.163. The van der Waals surface area contributed by atoms with Gasteiger partial charge in [0.1, 0.15) is 11.9 Å². The van der Waals surface area contributed by atoms with Crippen molar-refractivity contribution in [3.63, 3.8) is 0 Å². The van der Waals surface area contributed by atoms with Gasteiger partial charge in [-0.1, -0.05) is 19.0 Å². The molecular formula is C14H17FN6O5. The van der Waals surface area contributed by atoms with E-state index in [-0.39, 0.29) is 5.82 Å². The van der Waals surface area contributed by atoms with Gasteiger partial charge in [0.15, 0.2) is 18.0 Å². The van der Waals surface area contributed by atoms with E-state index in [1.54, 1.807) is 0 Å². The fourth-order valence-electron chi connectivity index (χ4n) is 3.20. The third-order valence-corrected chi connectivity index (χ3v) is 4.65. The lowest BCUT2D eigenvalue weighted by Crippen LogP contribution is -2.41. The molecule has 0 bridgehead atoms. The Morgan fingerprint density at radius 2 is 2.38 bits per heavy atom. The number of halogens is 1. The number of aliphatic hydroxyl groups is 1. The number of carbonyl (C=O) groups is 1. The number of carbonyl (C=O) groups excluding carboxylic acids is 1. The molecule has 1 aliphatic carbocycles. The zero-order chi connectivity index (χ0) is 19.3. The first-order valence-corrected chi connectivity index (χ1v) is 7.79. The fourth-order valence-corrected chi connectivity index (χ4v) is 3.20. The van der Waals surface area contributed by atoms with Gasteiger partial charge in [-0.15, -0.1) is 0 Å². The average molecular weight is 368 g/mol. The highest BCUT2D eigenvalue weighted by Crippen LogP contribution is 2.65. The number of nitrogen functional groups attached to an aromatic ring is 1. The summed E-state index contributed by atoms with van der Waals surface area (Å²) in [6.45, 7) is 2.60. The largest absolute Gasteiger partial charge is 0.449 e. The van der Waals surface area contributed by atoms with Gasteiger partial charge >= 0.3 is 11.7 Å². The van der Waals surface area contributed by atoms with E-state index in [2.05, 4.69) is 15.0 Å². The van der Waals surface area contributed by atoms with E-state index in [4.69, 9.17) is 20.7 Å². The Labute approximate surface area is 146 Å². The van der Waals surface area contributed by atoms with Crippen molar-refractivity contribution in [3.05, 3.63) is 33.2 Å². The number of fused-ring (bicyclic) bond motifs is 1. The molecule has 1 unspecified atom stereocenters. The van der Waals surface area contributed by atoms with Crippen LogP contribution in [0.1, 0.15) is 20.1 Å². The number of nitrogens with zero attached hydrogens (tertiary/aromatic N) is 5. The average Bonchev–Trinajstić information content (AvgIpc) is 2.96. The normalized spacial score (nSPS) is 34.9. The Kier molecular flexibility index (Phi) is 4.14. The van der Waals surface area contributed by atoms with Crippen LogP contribution in [0.2, 0.25) is 0 Å². The monoisotopic (exact) mass is 368 g/mol. The maximum atomic E-state index is 15.3. The number of nitrogens with two attached hydrogens (primary N) is 1. The number of azide groups is 1. The van der Waals surface area contributed by atoms with Crippen LogP contribution in [0, 0.1) is 5.92 Å². The number of aromatic nitrogens is 2. The predicted molar refractivity (Wildman–Crippen MR) is 84.3 cm³/mol. The summed E-state index contributed by atoms with van der Waals surface area (Å²) in [5, 5.41) is 13.6. The zero-order valence-electron chi connectivity index (χ0n) is 13.9. The maximum Gasteiger partial charge on any atom is 0.351 e. The molecule has 1 aromatic heterocycles. The summed E-state index contributed by atoms with van der Waals surface area (Å²) in [5.74, 6) is -1.42. The first-order chi connectivity index (χ1) is 12.2. The van der Waals surface area contributed by atoms with E-state index in [0.29, 0.717) is 0 Å². The molecule has 3 rings (SSSR count). The molecule has 12 heteroatoms. The summed E-state index contributed by atoms with van der Waals surface area (Å²) in [7, 11) is 0. The van der Waals surface area contributed by atoms with Crippen LogP contribution in [0.4, 0.5) is 10.2 Å². The van der Waals surface area contributed by atoms with Crippen LogP contribution >= 0.6 is 0 Å². The number of rotatable bonds is 5. The molecule has 0 radical (unpaired) electrons. The lowest BCUT2D eigenvalue weighted by Gasteiger charge is -2.23. The van der Waals surface area contributed by atoms with Gasteiger partial charge in [-0.2, -0.15) is 4.98 Å². The van der Waals surface area contributed by atoms with Crippen molar-refractivity contribution >= 4 is 11.8 Å². The second kappa shape index (κ2) is 5.94. The third kappa shape index (κ3) is 2.26. The summed E-state index contributed by atoms with van der Waals surface area (Å²) in [6.07, 6.45) is -4.00. The quantitative estimate of drug-likeness (QED) is 0.321. The van der Waals surface area contributed by atoms with Crippen LogP contribution in [0.25, 0.3) is 10.4 Å². The molecular weight excluding hydrogens is 351 g/mol. The topological polar surface area (TPSA) is 165 Å². The van der Waals surface area contributed by atoms with Crippen LogP contribution in [0.3, 0.4) is 0 Å². The smallest absolute Gasteiger partial charge is 0.351 e. The van der Waals surface area contributed by atoms with E-state index >= 15 is 4.39 Å². The van der Waals surface area contributed by atoms with Gasteiger partial charge in [0.25, 0.3) is 0 Å². The number of hydrogen-bond acceptors (Lipinski definition) is 8. The van der Waals surface area contributed by atoms with Gasteiger partial charge in [0, 0.05) is 11.1 Å². The van der Waals surface area contributed by atoms with Crippen LogP contribution in [-0.4, -0.2) is 50.6 Å². The number of anilines is 1. The second-order valence-corrected chi connectivity index (χ2v) is 6.50. The van der Waals surface area contributed by atoms with Crippen molar-refractivity contribution in [3.8, 4) is 0 Å². The molecule has 26 heavy (non-hydrogen) atoms. The van der Waals surface area contributed by atoms with E-state index in [9.17, 15) is 14.7 Å². The Balaban J connectivity index is 2.02. The second-order valence-electron chi connectivity index (χ2n) is 6.50. The Bertz CT molecular complexity index is 854. The first-order valence-electron chi connectivity index (χ1n) is 7.79. The molecule has 1 aromatic rings. The molecule has 3 N–H and O–H groups in total. The Hall–Kier alpha value is -2.69. The van der Waals surface area contributed by atoms with Crippen molar-refractivity contribution < 1.29 is 23.8 Å². The molecule has 140 valence electrons. The minimum absolute atomic E-state index is 0.0606. The van der Waals surface area contributed by atoms with E-state index in [1.807, 2.05) is 0 Å². The van der Waals surface area contributed by atoms with Crippen molar-refractivity contribution in [1.82, 2.24) is 9.55 Å². The SMILES string of the molecule is CC(C)C(=O)O[C@]12C(O)[C@@]1(CN=[N+]=[N-])O[C@@H](n1ccc(N)nc1=O)[C@@H]2F. The molecule has 2 heterocycles. The zero-order valence-corrected chi connectivity index (χ0v) is 13.9. The Morgan fingerprint density at radius 1 is 1.69 bits per heavy atom. The molecule has 1 saturated heterocycles. The van der Waals surface area contributed by atoms with Crippen LogP contribution in [0.15, 0.2) is 22.2 Å². The highest BCUT2D eigenvalue weighted by molar-refractivity contribution is 5.73. The summed E-state index contributed by atoms with van der Waals surface area (Å²) in [5.41, 5.74) is 9.24. The van der Waals surface area contributed by atoms with Gasteiger partial charge in [-0.25, -0.2) is 9.18 Å². The minimum atomic E-state index is -2.10. The lowest BCUT2D eigenvalue weighted by atomic mass is 10.1. The molecule has 2 aliphatic rings. The molecule has 0 amide bonds. The van der Waals surface area contributed by atoms with Crippen LogP contribution in [-0.2, 0) is 14.3 Å². The predicted octanol–water partition coefficient (Wildman–Crippen LogP) is 0.0540. The minimum Gasteiger partial charge on any atom is -0.449 e. The molecule has 5 atom stereocenters. The first kappa shape index (κ1) is 18.1. The molecule has 0 aromatic carbocycles. The van der Waals surface area contributed by atoms with Crippen molar-refractivity contribution in [2.75, 3.05) is 12.3 Å². The van der Waals surface area contributed by atoms with E-state index in [0.717, 1.165) is 4.57 Å². The fraction of sp³-hybridized carbons (Fsp3) is 0.643. The van der Waals surface area contributed by atoms with Crippen LogP contribution in [0.5, 0.6) is 0 Å². The number of alkyl halides is 1. The standard InChI is InChI=1S/C14H17FN6O5/c1-6(2)10(22)26-14-8(15)9(21-4-3-7(16)19-12(21)24)25-13(14,11(14)23)5-18-20-17/h3-4,6,8-9,11,23H,5H2,1-2H3,(H2,16,19,24)/t8-,9+,11?,13+,14+/m0/s1. The van der Waals surface area contributed by atoms with Crippen LogP contribution < -0.4 is 11.4 Å².